The molecule has 0 radical (unpaired) electrons. The van der Waals surface area contributed by atoms with Crippen LogP contribution in [0, 0.1) is 0 Å². The molecule has 0 unspecified atom stereocenters. The van der Waals surface area contributed by atoms with Crippen molar-refractivity contribution in [3.63, 3.8) is 0 Å². The van der Waals surface area contributed by atoms with Crippen LogP contribution in [-0.4, -0.2) is 31.0 Å². The molecule has 1 saturated carbocycles. The van der Waals surface area contributed by atoms with Crippen LogP contribution in [0.4, 0.5) is 0 Å². The number of nitrogens with zero attached hydrogens (tertiary/aromatic N) is 1. The molecule has 0 aromatic heterocycles. The number of carbonyl (C=O) groups excluding carboxylic acids is 1. The molecule has 0 bridgehead atoms. The molecule has 0 N–H and O–H groups in total. The van der Waals surface area contributed by atoms with Crippen molar-refractivity contribution in [1.29, 1.82) is 0 Å². The summed E-state index contributed by atoms with van der Waals surface area (Å²) < 4.78 is 5.52. The first-order chi connectivity index (χ1) is 10.3. The maximum atomic E-state index is 13.2. The second kappa shape index (κ2) is 6.08. The Labute approximate surface area is 127 Å². The van der Waals surface area contributed by atoms with E-state index in [1.165, 1.54) is 12.8 Å². The van der Waals surface area contributed by atoms with E-state index in [0.29, 0.717) is 5.91 Å². The van der Waals surface area contributed by atoms with Crippen molar-refractivity contribution in [3.8, 4) is 5.75 Å². The van der Waals surface area contributed by atoms with Gasteiger partial charge in [-0.25, -0.2) is 0 Å². The molecule has 1 aliphatic carbocycles. The van der Waals surface area contributed by atoms with Crippen LogP contribution in [0.5, 0.6) is 5.75 Å². The first-order valence-electron chi connectivity index (χ1n) is 8.21. The van der Waals surface area contributed by atoms with Gasteiger partial charge < -0.3 is 9.64 Å². The Kier molecular flexibility index (Phi) is 4.18. The van der Waals surface area contributed by atoms with E-state index in [-0.39, 0.29) is 5.41 Å². The summed E-state index contributed by atoms with van der Waals surface area (Å²) in [6, 6.07) is 8.05. The molecule has 1 aromatic rings. The van der Waals surface area contributed by atoms with Gasteiger partial charge in [-0.1, -0.05) is 37.5 Å². The monoisotopic (exact) mass is 287 g/mol. The predicted octanol–water partition coefficient (Wildman–Crippen LogP) is 3.52. The molecule has 2 fully saturated rings. The summed E-state index contributed by atoms with van der Waals surface area (Å²) >= 11 is 0. The van der Waals surface area contributed by atoms with Gasteiger partial charge in [-0.2, -0.15) is 0 Å². The number of benzene rings is 1. The molecule has 21 heavy (non-hydrogen) atoms. The van der Waals surface area contributed by atoms with Crippen LogP contribution in [0.15, 0.2) is 24.3 Å². The van der Waals surface area contributed by atoms with Gasteiger partial charge in [-0.05, 0) is 31.7 Å². The fraction of sp³-hybridized carbons (Fsp3) is 0.611. The highest BCUT2D eigenvalue weighted by Gasteiger charge is 2.49. The van der Waals surface area contributed by atoms with E-state index in [2.05, 4.69) is 11.0 Å². The molecule has 2 aliphatic rings. The van der Waals surface area contributed by atoms with Crippen LogP contribution < -0.4 is 4.74 Å². The predicted molar refractivity (Wildman–Crippen MR) is 83.6 cm³/mol. The van der Waals surface area contributed by atoms with E-state index >= 15 is 0 Å². The average Bonchev–Trinajstić information content (AvgIpc) is 2.75. The fourth-order valence-electron chi connectivity index (χ4n) is 3.75. The number of amides is 1. The van der Waals surface area contributed by atoms with Gasteiger partial charge in [0, 0.05) is 18.7 Å². The number of hydrogen-bond donors (Lipinski definition) is 0. The lowest BCUT2D eigenvalue weighted by Gasteiger charge is -2.44. The van der Waals surface area contributed by atoms with Gasteiger partial charge in [0.2, 0.25) is 5.91 Å². The van der Waals surface area contributed by atoms with E-state index < -0.39 is 0 Å². The Morgan fingerprint density at radius 2 is 1.71 bits per heavy atom. The summed E-state index contributed by atoms with van der Waals surface area (Å²) in [6.07, 6.45) is 7.86. The molecule has 0 spiro atoms. The number of para-hydroxylation sites is 1. The van der Waals surface area contributed by atoms with Crippen LogP contribution in [0.25, 0.3) is 0 Å². The maximum Gasteiger partial charge on any atom is 0.233 e. The third kappa shape index (κ3) is 2.54. The van der Waals surface area contributed by atoms with Crippen molar-refractivity contribution >= 4 is 5.91 Å². The van der Waals surface area contributed by atoms with E-state index in [1.54, 1.807) is 7.11 Å². The Balaban J connectivity index is 1.90. The standard InChI is InChI=1S/C18H25NO2/c1-21-16-10-5-4-9-15(16)18(11-8-12-18)17(20)19-13-6-2-3-7-14-19/h4-5,9-10H,2-3,6-8,11-14H2,1H3. The number of rotatable bonds is 3. The Bertz CT molecular complexity index is 500. The summed E-state index contributed by atoms with van der Waals surface area (Å²) in [5.74, 6) is 1.19. The van der Waals surface area contributed by atoms with E-state index in [9.17, 15) is 4.79 Å². The molecular weight excluding hydrogens is 262 g/mol. The lowest BCUT2D eigenvalue weighted by Crippen LogP contribution is -2.51. The summed E-state index contributed by atoms with van der Waals surface area (Å²) in [6.45, 7) is 1.85. The third-order valence-corrected chi connectivity index (χ3v) is 5.13. The van der Waals surface area contributed by atoms with Gasteiger partial charge in [0.25, 0.3) is 0 Å². The van der Waals surface area contributed by atoms with Crippen LogP contribution in [0.1, 0.15) is 50.5 Å². The molecule has 3 nitrogen and oxygen atoms in total. The second-order valence-electron chi connectivity index (χ2n) is 6.34. The van der Waals surface area contributed by atoms with Crippen molar-refractivity contribution in [2.75, 3.05) is 20.2 Å². The number of methoxy groups -OCH3 is 1. The molecule has 1 heterocycles. The largest absolute Gasteiger partial charge is 0.496 e. The van der Waals surface area contributed by atoms with Gasteiger partial charge in [-0.15, -0.1) is 0 Å². The SMILES string of the molecule is COc1ccccc1C1(C(=O)N2CCCCCC2)CCC1. The Hall–Kier alpha value is -1.51. The molecular formula is C18H25NO2. The second-order valence-corrected chi connectivity index (χ2v) is 6.34. The molecule has 1 aliphatic heterocycles. The molecule has 1 aromatic carbocycles. The smallest absolute Gasteiger partial charge is 0.233 e. The molecule has 3 rings (SSSR count). The zero-order chi connectivity index (χ0) is 14.7. The van der Waals surface area contributed by atoms with Crippen molar-refractivity contribution in [3.05, 3.63) is 29.8 Å². The third-order valence-electron chi connectivity index (χ3n) is 5.13. The zero-order valence-electron chi connectivity index (χ0n) is 12.9. The fourth-order valence-corrected chi connectivity index (χ4v) is 3.75. The minimum atomic E-state index is -0.322. The highest BCUT2D eigenvalue weighted by atomic mass is 16.5. The summed E-state index contributed by atoms with van der Waals surface area (Å²) in [4.78, 5) is 15.3. The van der Waals surface area contributed by atoms with Gasteiger partial charge in [0.1, 0.15) is 5.75 Å². The minimum absolute atomic E-state index is 0.322. The highest BCUT2D eigenvalue weighted by Crippen LogP contribution is 2.48. The quantitative estimate of drug-likeness (QED) is 0.851. The molecule has 114 valence electrons. The van der Waals surface area contributed by atoms with Crippen LogP contribution in [0.2, 0.25) is 0 Å². The summed E-state index contributed by atoms with van der Waals surface area (Å²) in [5, 5.41) is 0. The normalized spacial score (nSPS) is 21.3. The lowest BCUT2D eigenvalue weighted by atomic mass is 9.63. The lowest BCUT2D eigenvalue weighted by molar-refractivity contribution is -0.141. The first kappa shape index (κ1) is 14.4. The van der Waals surface area contributed by atoms with E-state index in [1.807, 2.05) is 18.2 Å². The van der Waals surface area contributed by atoms with Crippen molar-refractivity contribution in [2.45, 2.75) is 50.4 Å². The minimum Gasteiger partial charge on any atom is -0.496 e. The zero-order valence-corrected chi connectivity index (χ0v) is 12.9. The molecule has 1 amide bonds. The van der Waals surface area contributed by atoms with Crippen molar-refractivity contribution < 1.29 is 9.53 Å². The van der Waals surface area contributed by atoms with Crippen LogP contribution in [0.3, 0.4) is 0 Å². The van der Waals surface area contributed by atoms with Gasteiger partial charge in [-0.3, -0.25) is 4.79 Å². The topological polar surface area (TPSA) is 29.5 Å². The van der Waals surface area contributed by atoms with Gasteiger partial charge >= 0.3 is 0 Å². The number of ether oxygens (including phenoxy) is 1. The number of likely N-dealkylation sites (tertiary alicyclic amines) is 1. The highest BCUT2D eigenvalue weighted by molar-refractivity contribution is 5.90. The molecule has 0 atom stereocenters. The number of hydrogen-bond acceptors (Lipinski definition) is 2. The maximum absolute atomic E-state index is 13.2. The summed E-state index contributed by atoms with van der Waals surface area (Å²) in [5.41, 5.74) is 0.768. The van der Waals surface area contributed by atoms with Crippen LogP contribution in [-0.2, 0) is 10.2 Å². The van der Waals surface area contributed by atoms with Crippen LogP contribution >= 0.6 is 0 Å². The van der Waals surface area contributed by atoms with E-state index in [4.69, 9.17) is 4.74 Å². The first-order valence-corrected chi connectivity index (χ1v) is 8.21. The van der Waals surface area contributed by atoms with Crippen molar-refractivity contribution in [2.24, 2.45) is 0 Å². The van der Waals surface area contributed by atoms with E-state index in [0.717, 1.165) is 56.5 Å². The Morgan fingerprint density at radius 3 is 2.29 bits per heavy atom. The van der Waals surface area contributed by atoms with Gasteiger partial charge in [0.05, 0.1) is 12.5 Å². The Morgan fingerprint density at radius 1 is 1.05 bits per heavy atom. The molecule has 3 heteroatoms. The average molecular weight is 287 g/mol. The molecule has 1 saturated heterocycles. The van der Waals surface area contributed by atoms with Gasteiger partial charge in [0.15, 0.2) is 0 Å². The number of carbonyl (C=O) groups is 1. The summed E-state index contributed by atoms with van der Waals surface area (Å²) in [7, 11) is 1.70. The van der Waals surface area contributed by atoms with Crippen molar-refractivity contribution in [1.82, 2.24) is 4.90 Å².